The van der Waals surface area contributed by atoms with E-state index in [2.05, 4.69) is 25.5 Å². The largest absolute Gasteiger partial charge is 0.461 e. The summed E-state index contributed by atoms with van der Waals surface area (Å²) in [4.78, 5) is 43.9. The Labute approximate surface area is 142 Å². The molecule has 0 aromatic carbocycles. The van der Waals surface area contributed by atoms with Gasteiger partial charge in [-0.3, -0.25) is 0 Å². The highest BCUT2D eigenvalue weighted by Gasteiger charge is 2.17. The number of halogens is 2. The SMILES string of the molecule is C=C(F)CCOC(=O)C(=O)OCC/C=C(\F)CCOC(=O)C(=O)OC. The summed E-state index contributed by atoms with van der Waals surface area (Å²) in [6, 6.07) is 0. The lowest BCUT2D eigenvalue weighted by atomic mass is 10.3. The number of methoxy groups -OCH3 is 1. The van der Waals surface area contributed by atoms with Gasteiger partial charge in [-0.1, -0.05) is 6.58 Å². The predicted molar refractivity (Wildman–Crippen MR) is 78.2 cm³/mol. The first-order valence-electron chi connectivity index (χ1n) is 7.04. The summed E-state index contributed by atoms with van der Waals surface area (Å²) in [5.74, 6) is -6.37. The van der Waals surface area contributed by atoms with E-state index in [1.807, 2.05) is 0 Å². The lowest BCUT2D eigenvalue weighted by molar-refractivity contribution is -0.167. The van der Waals surface area contributed by atoms with Crippen LogP contribution in [0.2, 0.25) is 0 Å². The summed E-state index contributed by atoms with van der Waals surface area (Å²) in [5.41, 5.74) is 0. The number of carbonyl (C=O) groups excluding carboxylic acids is 4. The van der Waals surface area contributed by atoms with Gasteiger partial charge in [0.1, 0.15) is 0 Å². The Morgan fingerprint density at radius 2 is 1.32 bits per heavy atom. The molecule has 0 N–H and O–H groups in total. The Morgan fingerprint density at radius 1 is 0.840 bits per heavy atom. The van der Waals surface area contributed by atoms with Gasteiger partial charge in [0.25, 0.3) is 0 Å². The predicted octanol–water partition coefficient (Wildman–Crippen LogP) is 1.30. The fraction of sp³-hybridized carbons (Fsp3) is 0.467. The molecular weight excluding hydrogens is 346 g/mol. The van der Waals surface area contributed by atoms with Crippen LogP contribution in [-0.4, -0.2) is 50.8 Å². The molecule has 0 aliphatic heterocycles. The molecule has 0 fully saturated rings. The fourth-order valence-electron chi connectivity index (χ4n) is 1.23. The molecule has 0 aliphatic carbocycles. The number of rotatable bonds is 9. The van der Waals surface area contributed by atoms with E-state index in [-0.39, 0.29) is 39.1 Å². The van der Waals surface area contributed by atoms with E-state index in [9.17, 15) is 28.0 Å². The minimum atomic E-state index is -1.29. The van der Waals surface area contributed by atoms with Crippen molar-refractivity contribution in [1.29, 1.82) is 0 Å². The molecule has 0 unspecified atom stereocenters. The molecule has 0 spiro atoms. The maximum absolute atomic E-state index is 13.3. The van der Waals surface area contributed by atoms with E-state index in [1.54, 1.807) is 0 Å². The van der Waals surface area contributed by atoms with E-state index in [0.29, 0.717) is 0 Å². The zero-order valence-electron chi connectivity index (χ0n) is 13.5. The molecule has 0 aliphatic rings. The molecule has 8 nitrogen and oxygen atoms in total. The molecule has 0 bridgehead atoms. The molecule has 0 amide bonds. The Kier molecular flexibility index (Phi) is 11.2. The minimum Gasteiger partial charge on any atom is -0.461 e. The molecule has 0 heterocycles. The number of esters is 4. The first-order valence-corrected chi connectivity index (χ1v) is 7.04. The summed E-state index contributed by atoms with van der Waals surface area (Å²) >= 11 is 0. The Hall–Kier alpha value is -2.78. The first kappa shape index (κ1) is 22.2. The van der Waals surface area contributed by atoms with Crippen LogP contribution in [0.3, 0.4) is 0 Å². The van der Waals surface area contributed by atoms with E-state index in [0.717, 1.165) is 13.2 Å². The van der Waals surface area contributed by atoms with E-state index in [4.69, 9.17) is 0 Å². The third-order valence-corrected chi connectivity index (χ3v) is 2.42. The van der Waals surface area contributed by atoms with Crippen molar-refractivity contribution >= 4 is 23.9 Å². The lowest BCUT2D eigenvalue weighted by Crippen LogP contribution is -2.21. The van der Waals surface area contributed by atoms with E-state index in [1.165, 1.54) is 0 Å². The van der Waals surface area contributed by atoms with Crippen molar-refractivity contribution in [1.82, 2.24) is 0 Å². The van der Waals surface area contributed by atoms with Crippen LogP contribution in [-0.2, 0) is 38.1 Å². The highest BCUT2D eigenvalue weighted by atomic mass is 19.1. The van der Waals surface area contributed by atoms with E-state index < -0.39 is 35.5 Å². The van der Waals surface area contributed by atoms with Gasteiger partial charge in [-0.05, 0) is 6.08 Å². The van der Waals surface area contributed by atoms with Crippen molar-refractivity contribution in [2.75, 3.05) is 26.9 Å². The second-order valence-electron chi connectivity index (χ2n) is 4.36. The molecule has 0 rings (SSSR count). The number of ether oxygens (including phenoxy) is 4. The van der Waals surface area contributed by atoms with Crippen molar-refractivity contribution in [3.8, 4) is 0 Å². The fourth-order valence-corrected chi connectivity index (χ4v) is 1.23. The molecule has 0 saturated heterocycles. The average Bonchev–Trinajstić information content (AvgIpc) is 2.57. The Bertz CT molecular complexity index is 542. The number of carbonyl (C=O) groups is 4. The molecule has 0 aromatic heterocycles. The van der Waals surface area contributed by atoms with Gasteiger partial charge in [0.05, 0.1) is 38.6 Å². The summed E-state index contributed by atoms with van der Waals surface area (Å²) in [6.07, 6.45) is 0.494. The van der Waals surface area contributed by atoms with Crippen molar-refractivity contribution in [3.63, 3.8) is 0 Å². The quantitative estimate of drug-likeness (QED) is 0.261. The van der Waals surface area contributed by atoms with Crippen molar-refractivity contribution in [2.24, 2.45) is 0 Å². The molecule has 10 heteroatoms. The third kappa shape index (κ3) is 11.4. The second kappa shape index (κ2) is 12.6. The second-order valence-corrected chi connectivity index (χ2v) is 4.36. The minimum absolute atomic E-state index is 0.0446. The Morgan fingerprint density at radius 3 is 1.84 bits per heavy atom. The molecular formula is C15H18F2O8. The summed E-state index contributed by atoms with van der Waals surface area (Å²) in [6.45, 7) is 1.94. The van der Waals surface area contributed by atoms with Crippen molar-refractivity contribution in [3.05, 3.63) is 24.3 Å². The van der Waals surface area contributed by atoms with E-state index >= 15 is 0 Å². The summed E-state index contributed by atoms with van der Waals surface area (Å²) in [5, 5.41) is 0. The average molecular weight is 364 g/mol. The topological polar surface area (TPSA) is 105 Å². The summed E-state index contributed by atoms with van der Waals surface area (Å²) in [7, 11) is 0.999. The molecule has 25 heavy (non-hydrogen) atoms. The highest BCUT2D eigenvalue weighted by Crippen LogP contribution is 2.05. The van der Waals surface area contributed by atoms with Crippen molar-refractivity contribution < 1.29 is 46.9 Å². The lowest BCUT2D eigenvalue weighted by Gasteiger charge is -2.04. The number of hydrogen-bond acceptors (Lipinski definition) is 8. The molecule has 140 valence electrons. The smallest absolute Gasteiger partial charge is 0.417 e. The third-order valence-electron chi connectivity index (χ3n) is 2.42. The van der Waals surface area contributed by atoms with Gasteiger partial charge >= 0.3 is 23.9 Å². The van der Waals surface area contributed by atoms with Gasteiger partial charge < -0.3 is 18.9 Å². The molecule has 0 atom stereocenters. The monoisotopic (exact) mass is 364 g/mol. The van der Waals surface area contributed by atoms with Crippen LogP contribution >= 0.6 is 0 Å². The van der Waals surface area contributed by atoms with Crippen molar-refractivity contribution in [2.45, 2.75) is 19.3 Å². The molecule has 0 saturated carbocycles. The van der Waals surface area contributed by atoms with Crippen LogP contribution in [0.4, 0.5) is 8.78 Å². The zero-order valence-corrected chi connectivity index (χ0v) is 13.5. The highest BCUT2D eigenvalue weighted by molar-refractivity contribution is 6.30. The number of hydrogen-bond donors (Lipinski definition) is 0. The van der Waals surface area contributed by atoms with Gasteiger partial charge in [-0.15, -0.1) is 0 Å². The van der Waals surface area contributed by atoms with Gasteiger partial charge in [0, 0.05) is 19.3 Å². The van der Waals surface area contributed by atoms with Crippen LogP contribution in [0, 0.1) is 0 Å². The Balaban J connectivity index is 3.89. The zero-order chi connectivity index (χ0) is 19.2. The summed E-state index contributed by atoms with van der Waals surface area (Å²) < 4.78 is 43.1. The standard InChI is InChI=1S/C15H18F2O8/c1-10(16)5-8-24-15(21)14(20)23-7-3-4-11(17)6-9-25-13(19)12(18)22-2/h4H,1,3,5-9H2,2H3/b11-4-. The molecule has 0 radical (unpaired) electrons. The van der Waals surface area contributed by atoms with Crippen LogP contribution in [0.25, 0.3) is 0 Å². The van der Waals surface area contributed by atoms with Crippen LogP contribution in [0.5, 0.6) is 0 Å². The maximum atomic E-state index is 13.3. The van der Waals surface area contributed by atoms with Crippen LogP contribution in [0.1, 0.15) is 19.3 Å². The van der Waals surface area contributed by atoms with Gasteiger partial charge in [0.2, 0.25) is 0 Å². The first-order chi connectivity index (χ1) is 11.8. The normalized spacial score (nSPS) is 10.6. The van der Waals surface area contributed by atoms with Gasteiger partial charge in [0.15, 0.2) is 0 Å². The van der Waals surface area contributed by atoms with Crippen LogP contribution < -0.4 is 0 Å². The van der Waals surface area contributed by atoms with Gasteiger partial charge in [-0.25, -0.2) is 28.0 Å². The maximum Gasteiger partial charge on any atom is 0.417 e. The van der Waals surface area contributed by atoms with Crippen LogP contribution in [0.15, 0.2) is 24.3 Å². The van der Waals surface area contributed by atoms with Gasteiger partial charge in [-0.2, -0.15) is 0 Å². The molecule has 0 aromatic rings.